The summed E-state index contributed by atoms with van der Waals surface area (Å²) in [6, 6.07) is 5.66. The fourth-order valence-electron chi connectivity index (χ4n) is 3.18. The van der Waals surface area contributed by atoms with Crippen molar-refractivity contribution in [3.05, 3.63) is 29.6 Å². The van der Waals surface area contributed by atoms with Gasteiger partial charge < -0.3 is 4.90 Å². The smallest absolute Gasteiger partial charge is 0.146 e. The van der Waals surface area contributed by atoms with Gasteiger partial charge >= 0.3 is 0 Å². The van der Waals surface area contributed by atoms with Crippen molar-refractivity contribution in [2.24, 2.45) is 0 Å². The van der Waals surface area contributed by atoms with Gasteiger partial charge in [-0.05, 0) is 37.5 Å². The molecule has 0 aliphatic carbocycles. The summed E-state index contributed by atoms with van der Waals surface area (Å²) in [5.74, 6) is 0.170. The van der Waals surface area contributed by atoms with E-state index in [4.69, 9.17) is 0 Å². The number of piperidine rings is 1. The molecule has 2 aliphatic rings. The second-order valence-corrected chi connectivity index (χ2v) is 5.19. The van der Waals surface area contributed by atoms with Crippen molar-refractivity contribution >= 4 is 11.5 Å². The first-order valence-corrected chi connectivity index (χ1v) is 6.21. The fourth-order valence-corrected chi connectivity index (χ4v) is 3.18. The van der Waals surface area contributed by atoms with Crippen molar-refractivity contribution < 1.29 is 9.18 Å². The Hall–Kier alpha value is -1.38. The number of nitrogens with zero attached hydrogens (tertiary/aromatic N) is 1. The lowest BCUT2D eigenvalue weighted by Crippen LogP contribution is -2.43. The van der Waals surface area contributed by atoms with Gasteiger partial charge in [-0.25, -0.2) is 4.39 Å². The Balaban J connectivity index is 1.99. The number of rotatable bonds is 1. The highest BCUT2D eigenvalue weighted by atomic mass is 19.1. The van der Waals surface area contributed by atoms with E-state index in [1.54, 1.807) is 6.07 Å². The minimum Gasteiger partial charge on any atom is -0.362 e. The van der Waals surface area contributed by atoms with Crippen LogP contribution >= 0.6 is 0 Å². The topological polar surface area (TPSA) is 20.3 Å². The number of fused-ring (bicyclic) bond motifs is 2. The molecule has 0 saturated carbocycles. The van der Waals surface area contributed by atoms with Gasteiger partial charge in [0.15, 0.2) is 0 Å². The summed E-state index contributed by atoms with van der Waals surface area (Å²) in [5.41, 5.74) is 1.75. The third-order valence-corrected chi connectivity index (χ3v) is 3.93. The number of carbonyl (C=O) groups is 1. The Morgan fingerprint density at radius 3 is 2.53 bits per heavy atom. The number of ketones is 1. The van der Waals surface area contributed by atoms with Crippen LogP contribution in [0.2, 0.25) is 0 Å². The normalized spacial score (nSPS) is 27.6. The van der Waals surface area contributed by atoms with E-state index in [2.05, 4.69) is 4.90 Å². The van der Waals surface area contributed by atoms with E-state index in [1.807, 2.05) is 13.0 Å². The van der Waals surface area contributed by atoms with E-state index < -0.39 is 0 Å². The van der Waals surface area contributed by atoms with Gasteiger partial charge in [-0.2, -0.15) is 0 Å². The average Bonchev–Trinajstić information content (AvgIpc) is 2.54. The molecule has 2 nitrogen and oxygen atoms in total. The largest absolute Gasteiger partial charge is 0.362 e. The van der Waals surface area contributed by atoms with Gasteiger partial charge in [-0.15, -0.1) is 0 Å². The van der Waals surface area contributed by atoms with E-state index in [0.717, 1.165) is 18.4 Å². The monoisotopic (exact) mass is 233 g/mol. The predicted molar refractivity (Wildman–Crippen MR) is 64.7 cm³/mol. The molecule has 1 aromatic rings. The summed E-state index contributed by atoms with van der Waals surface area (Å²) in [6.07, 6.45) is 3.21. The number of hydrogen-bond donors (Lipinski definition) is 0. The highest BCUT2D eigenvalue weighted by Crippen LogP contribution is 2.39. The number of benzene rings is 1. The molecule has 2 saturated heterocycles. The van der Waals surface area contributed by atoms with Crippen LogP contribution in [0.3, 0.4) is 0 Å². The molecule has 0 spiro atoms. The third-order valence-electron chi connectivity index (χ3n) is 3.93. The van der Waals surface area contributed by atoms with Crippen molar-refractivity contribution in [1.29, 1.82) is 0 Å². The molecular formula is C14H16FNO. The molecule has 0 N–H and O–H groups in total. The molecular weight excluding hydrogens is 217 g/mol. The molecule has 2 heterocycles. The molecule has 2 unspecified atom stereocenters. The van der Waals surface area contributed by atoms with Gasteiger partial charge in [-0.3, -0.25) is 4.79 Å². The van der Waals surface area contributed by atoms with Crippen molar-refractivity contribution in [3.63, 3.8) is 0 Å². The van der Waals surface area contributed by atoms with E-state index in [-0.39, 0.29) is 17.9 Å². The zero-order valence-corrected chi connectivity index (χ0v) is 9.95. The lowest BCUT2D eigenvalue weighted by atomic mass is 10.00. The molecule has 2 fully saturated rings. The number of anilines is 1. The SMILES string of the molecule is Cc1ccc(F)c(N2C3CCC2CC(=O)C3)c1. The summed E-state index contributed by atoms with van der Waals surface area (Å²) < 4.78 is 13.9. The number of Topliss-reactive ketones (excluding diaryl/α,β-unsaturated/α-hetero) is 1. The average molecular weight is 233 g/mol. The van der Waals surface area contributed by atoms with Crippen LogP contribution in [0.15, 0.2) is 18.2 Å². The van der Waals surface area contributed by atoms with Crippen LogP contribution in [0.1, 0.15) is 31.2 Å². The summed E-state index contributed by atoms with van der Waals surface area (Å²) in [7, 11) is 0. The zero-order chi connectivity index (χ0) is 12.0. The fraction of sp³-hybridized carbons (Fsp3) is 0.500. The lowest BCUT2D eigenvalue weighted by Gasteiger charge is -2.36. The minimum atomic E-state index is -0.165. The molecule has 3 heteroatoms. The highest BCUT2D eigenvalue weighted by Gasteiger charge is 2.40. The Bertz CT molecular complexity index is 455. The second-order valence-electron chi connectivity index (χ2n) is 5.19. The molecule has 2 bridgehead atoms. The second kappa shape index (κ2) is 3.83. The first-order valence-electron chi connectivity index (χ1n) is 6.21. The predicted octanol–water partition coefficient (Wildman–Crippen LogP) is 2.83. The summed E-state index contributed by atoms with van der Waals surface area (Å²) in [6.45, 7) is 1.97. The first kappa shape index (κ1) is 10.8. The van der Waals surface area contributed by atoms with Crippen LogP contribution in [-0.4, -0.2) is 17.9 Å². The Kier molecular flexibility index (Phi) is 2.42. The van der Waals surface area contributed by atoms with Crippen LogP contribution in [0.5, 0.6) is 0 Å². The Morgan fingerprint density at radius 1 is 1.24 bits per heavy atom. The van der Waals surface area contributed by atoms with E-state index in [0.29, 0.717) is 24.3 Å². The molecule has 90 valence electrons. The number of aryl methyl sites for hydroxylation is 1. The van der Waals surface area contributed by atoms with Crippen LogP contribution in [0.25, 0.3) is 0 Å². The van der Waals surface area contributed by atoms with E-state index >= 15 is 0 Å². The quantitative estimate of drug-likeness (QED) is 0.743. The molecule has 1 aromatic carbocycles. The molecule has 0 amide bonds. The van der Waals surface area contributed by atoms with E-state index in [9.17, 15) is 9.18 Å². The first-order chi connectivity index (χ1) is 8.15. The number of hydrogen-bond acceptors (Lipinski definition) is 2. The highest BCUT2D eigenvalue weighted by molar-refractivity contribution is 5.83. The molecule has 2 atom stereocenters. The minimum absolute atomic E-state index is 0.165. The summed E-state index contributed by atoms with van der Waals surface area (Å²) in [4.78, 5) is 13.7. The maximum atomic E-state index is 13.9. The lowest BCUT2D eigenvalue weighted by molar-refractivity contribution is -0.120. The molecule has 17 heavy (non-hydrogen) atoms. The zero-order valence-electron chi connectivity index (χ0n) is 9.95. The van der Waals surface area contributed by atoms with E-state index in [1.165, 1.54) is 6.07 Å². The van der Waals surface area contributed by atoms with Crippen LogP contribution in [-0.2, 0) is 4.79 Å². The van der Waals surface area contributed by atoms with Crippen molar-refractivity contribution in [2.75, 3.05) is 4.90 Å². The summed E-state index contributed by atoms with van der Waals surface area (Å²) >= 11 is 0. The summed E-state index contributed by atoms with van der Waals surface area (Å²) in [5, 5.41) is 0. The maximum Gasteiger partial charge on any atom is 0.146 e. The third kappa shape index (κ3) is 1.74. The molecule has 0 radical (unpaired) electrons. The van der Waals surface area contributed by atoms with Gasteiger partial charge in [-0.1, -0.05) is 6.07 Å². The van der Waals surface area contributed by atoms with Gasteiger partial charge in [0.25, 0.3) is 0 Å². The van der Waals surface area contributed by atoms with Crippen molar-refractivity contribution in [2.45, 2.75) is 44.7 Å². The van der Waals surface area contributed by atoms with Gasteiger partial charge in [0.05, 0.1) is 5.69 Å². The van der Waals surface area contributed by atoms with Crippen molar-refractivity contribution in [3.8, 4) is 0 Å². The van der Waals surface area contributed by atoms with Gasteiger partial charge in [0, 0.05) is 24.9 Å². The van der Waals surface area contributed by atoms with Crippen LogP contribution < -0.4 is 4.90 Å². The maximum absolute atomic E-state index is 13.9. The van der Waals surface area contributed by atoms with Gasteiger partial charge in [0.2, 0.25) is 0 Å². The molecule has 0 aromatic heterocycles. The standard InChI is InChI=1S/C14H16FNO/c1-9-2-5-13(15)14(6-9)16-10-3-4-11(16)8-12(17)7-10/h2,5-6,10-11H,3-4,7-8H2,1H3. The van der Waals surface area contributed by atoms with Crippen LogP contribution in [0.4, 0.5) is 10.1 Å². The number of halogens is 1. The Labute approximate surface area is 100 Å². The number of carbonyl (C=O) groups excluding carboxylic acids is 1. The molecule has 2 aliphatic heterocycles. The van der Waals surface area contributed by atoms with Crippen molar-refractivity contribution in [1.82, 2.24) is 0 Å². The van der Waals surface area contributed by atoms with Gasteiger partial charge in [0.1, 0.15) is 11.6 Å². The van der Waals surface area contributed by atoms with Crippen LogP contribution in [0, 0.1) is 12.7 Å². The Morgan fingerprint density at radius 2 is 1.88 bits per heavy atom. The molecule has 3 rings (SSSR count).